The van der Waals surface area contributed by atoms with E-state index in [2.05, 4.69) is 18.7 Å². The lowest BCUT2D eigenvalue weighted by Gasteiger charge is -2.39. The molecule has 5 nitrogen and oxygen atoms in total. The number of hydrogen-bond acceptors (Lipinski definition) is 5. The zero-order valence-electron chi connectivity index (χ0n) is 12.9. The Morgan fingerprint density at radius 1 is 1.38 bits per heavy atom. The van der Waals surface area contributed by atoms with Crippen LogP contribution < -0.4 is 16.4 Å². The molecule has 1 fully saturated rings. The molecule has 116 valence electrons. The second kappa shape index (κ2) is 5.67. The number of nitrogen functional groups attached to an aromatic ring is 1. The van der Waals surface area contributed by atoms with Gasteiger partial charge in [0.15, 0.2) is 5.78 Å². The number of carbonyl (C=O) groups is 2. The average Bonchev–Trinajstić information content (AvgIpc) is 2.74. The molecule has 1 saturated heterocycles. The predicted molar refractivity (Wildman–Crippen MR) is 87.1 cm³/mol. The van der Waals surface area contributed by atoms with Crippen molar-refractivity contribution in [3.8, 4) is 0 Å². The van der Waals surface area contributed by atoms with E-state index in [-0.39, 0.29) is 16.9 Å². The number of piperidine rings is 1. The zero-order valence-corrected chi connectivity index (χ0v) is 13.7. The maximum Gasteiger partial charge on any atom is 0.253 e. The molecule has 1 aromatic rings. The topological polar surface area (TPSA) is 89.4 Å². The molecule has 0 spiro atoms. The number of nitrogens with two attached hydrogens (primary N) is 2. The maximum atomic E-state index is 12.0. The van der Waals surface area contributed by atoms with Crippen LogP contribution in [0.25, 0.3) is 0 Å². The molecular formula is C15H23N3O2S. The number of anilines is 2. The Bertz CT molecular complexity index is 578. The van der Waals surface area contributed by atoms with Crippen molar-refractivity contribution >= 4 is 33.7 Å². The van der Waals surface area contributed by atoms with Crippen LogP contribution in [0.2, 0.25) is 0 Å². The first kappa shape index (κ1) is 15.8. The van der Waals surface area contributed by atoms with E-state index in [9.17, 15) is 9.59 Å². The zero-order chi connectivity index (χ0) is 15.8. The van der Waals surface area contributed by atoms with E-state index in [0.29, 0.717) is 16.9 Å². The summed E-state index contributed by atoms with van der Waals surface area (Å²) in [5.41, 5.74) is 12.3. The van der Waals surface area contributed by atoms with Crippen LogP contribution in [0.15, 0.2) is 0 Å². The monoisotopic (exact) mass is 309 g/mol. The van der Waals surface area contributed by atoms with Gasteiger partial charge in [0.05, 0.1) is 16.1 Å². The summed E-state index contributed by atoms with van der Waals surface area (Å²) < 4.78 is 0. The minimum atomic E-state index is -0.558. The average molecular weight is 309 g/mol. The number of hydrogen-bond donors (Lipinski definition) is 2. The Kier molecular flexibility index (Phi) is 4.27. The van der Waals surface area contributed by atoms with Crippen LogP contribution in [0.5, 0.6) is 0 Å². The molecule has 21 heavy (non-hydrogen) atoms. The summed E-state index contributed by atoms with van der Waals surface area (Å²) in [6.45, 7) is 7.90. The lowest BCUT2D eigenvalue weighted by atomic mass is 9.84. The van der Waals surface area contributed by atoms with Crippen LogP contribution in [0.4, 0.5) is 10.7 Å². The van der Waals surface area contributed by atoms with Crippen LogP contribution in [-0.4, -0.2) is 24.8 Å². The van der Waals surface area contributed by atoms with Gasteiger partial charge in [-0.2, -0.15) is 0 Å². The van der Waals surface area contributed by atoms with Crippen LogP contribution in [0.3, 0.4) is 0 Å². The Hall–Kier alpha value is -1.56. The SMILES string of the molecule is CCC(=O)c1sc(N2CCCC(C)(C)C2)c(C(N)=O)c1N. The summed E-state index contributed by atoms with van der Waals surface area (Å²) in [5.74, 6) is -0.597. The van der Waals surface area contributed by atoms with Crippen molar-refractivity contribution in [1.29, 1.82) is 0 Å². The van der Waals surface area contributed by atoms with Gasteiger partial charge in [-0.1, -0.05) is 20.8 Å². The van der Waals surface area contributed by atoms with Crippen LogP contribution in [-0.2, 0) is 0 Å². The first-order valence-electron chi connectivity index (χ1n) is 7.27. The highest BCUT2D eigenvalue weighted by Crippen LogP contribution is 2.42. The number of rotatable bonds is 4. The van der Waals surface area contributed by atoms with Crippen molar-refractivity contribution < 1.29 is 9.59 Å². The smallest absolute Gasteiger partial charge is 0.253 e. The third-order valence-electron chi connectivity index (χ3n) is 3.94. The lowest BCUT2D eigenvalue weighted by Crippen LogP contribution is -2.40. The normalized spacial score (nSPS) is 17.8. The first-order chi connectivity index (χ1) is 9.76. The van der Waals surface area contributed by atoms with Gasteiger partial charge in [-0.25, -0.2) is 0 Å². The highest BCUT2D eigenvalue weighted by molar-refractivity contribution is 7.19. The summed E-state index contributed by atoms with van der Waals surface area (Å²) >= 11 is 1.30. The van der Waals surface area contributed by atoms with Crippen LogP contribution in [0, 0.1) is 5.41 Å². The van der Waals surface area contributed by atoms with Gasteiger partial charge in [0.2, 0.25) is 0 Å². The minimum Gasteiger partial charge on any atom is -0.397 e. The fraction of sp³-hybridized carbons (Fsp3) is 0.600. The summed E-state index contributed by atoms with van der Waals surface area (Å²) in [4.78, 5) is 26.4. The van der Waals surface area contributed by atoms with Crippen molar-refractivity contribution in [2.24, 2.45) is 11.1 Å². The Labute approximate surface area is 129 Å². The summed E-state index contributed by atoms with van der Waals surface area (Å²) in [5, 5.41) is 0.754. The first-order valence-corrected chi connectivity index (χ1v) is 8.08. The molecule has 1 aromatic heterocycles. The molecule has 0 bridgehead atoms. The highest BCUT2D eigenvalue weighted by atomic mass is 32.1. The standard InChI is InChI=1S/C15H23N3O2S/c1-4-9(19)12-11(16)10(13(17)20)14(21-12)18-7-5-6-15(2,3)8-18/h4-8,16H2,1-3H3,(H2,17,20). The van der Waals surface area contributed by atoms with Crippen molar-refractivity contribution in [2.45, 2.75) is 40.0 Å². The summed E-state index contributed by atoms with van der Waals surface area (Å²) in [7, 11) is 0. The quantitative estimate of drug-likeness (QED) is 0.837. The maximum absolute atomic E-state index is 12.0. The van der Waals surface area contributed by atoms with Gasteiger partial charge in [-0.3, -0.25) is 9.59 Å². The molecule has 2 heterocycles. The van der Waals surface area contributed by atoms with Crippen molar-refractivity contribution in [2.75, 3.05) is 23.7 Å². The Balaban J connectivity index is 2.47. The predicted octanol–water partition coefficient (Wildman–Crippen LogP) is 2.65. The molecule has 6 heteroatoms. The molecule has 4 N–H and O–H groups in total. The molecule has 0 saturated carbocycles. The largest absolute Gasteiger partial charge is 0.397 e. The van der Waals surface area contributed by atoms with E-state index in [1.807, 2.05) is 0 Å². The van der Waals surface area contributed by atoms with Crippen LogP contribution >= 0.6 is 11.3 Å². The third-order valence-corrected chi connectivity index (χ3v) is 5.24. The van der Waals surface area contributed by atoms with Crippen molar-refractivity contribution in [1.82, 2.24) is 0 Å². The van der Waals surface area contributed by atoms with E-state index in [4.69, 9.17) is 11.5 Å². The number of amides is 1. The number of Topliss-reactive ketones (excluding diaryl/α,β-unsaturated/α-hetero) is 1. The van der Waals surface area contributed by atoms with Gasteiger partial charge < -0.3 is 16.4 Å². The molecule has 0 atom stereocenters. The number of ketones is 1. The van der Waals surface area contributed by atoms with E-state index >= 15 is 0 Å². The molecule has 0 aromatic carbocycles. The van der Waals surface area contributed by atoms with Gasteiger partial charge in [-0.05, 0) is 18.3 Å². The third kappa shape index (κ3) is 3.05. The van der Waals surface area contributed by atoms with E-state index < -0.39 is 5.91 Å². The summed E-state index contributed by atoms with van der Waals surface area (Å²) in [6, 6.07) is 0. The minimum absolute atomic E-state index is 0.0393. The van der Waals surface area contributed by atoms with Gasteiger partial charge >= 0.3 is 0 Å². The van der Waals surface area contributed by atoms with Gasteiger partial charge in [0, 0.05) is 19.5 Å². The molecule has 1 aliphatic rings. The molecule has 0 unspecified atom stereocenters. The van der Waals surface area contributed by atoms with Gasteiger partial charge in [-0.15, -0.1) is 11.3 Å². The van der Waals surface area contributed by atoms with Crippen molar-refractivity contribution in [3.05, 3.63) is 10.4 Å². The number of nitrogens with zero attached hydrogens (tertiary/aromatic N) is 1. The lowest BCUT2D eigenvalue weighted by molar-refractivity contribution is 0.0991. The second-order valence-electron chi connectivity index (χ2n) is 6.36. The molecule has 1 amide bonds. The molecule has 0 radical (unpaired) electrons. The molecule has 0 aliphatic carbocycles. The van der Waals surface area contributed by atoms with Gasteiger partial charge in [0.25, 0.3) is 5.91 Å². The number of thiophene rings is 1. The Morgan fingerprint density at radius 3 is 2.57 bits per heavy atom. The van der Waals surface area contributed by atoms with Crippen LogP contribution in [0.1, 0.15) is 60.1 Å². The molecule has 2 rings (SSSR count). The molecule has 1 aliphatic heterocycles. The van der Waals surface area contributed by atoms with Gasteiger partial charge in [0.1, 0.15) is 5.00 Å². The van der Waals surface area contributed by atoms with E-state index in [1.165, 1.54) is 11.3 Å². The van der Waals surface area contributed by atoms with E-state index in [0.717, 1.165) is 30.9 Å². The second-order valence-corrected chi connectivity index (χ2v) is 7.35. The fourth-order valence-electron chi connectivity index (χ4n) is 2.86. The fourth-order valence-corrected chi connectivity index (χ4v) is 4.12. The van der Waals surface area contributed by atoms with E-state index in [1.54, 1.807) is 6.92 Å². The summed E-state index contributed by atoms with van der Waals surface area (Å²) in [6.07, 6.45) is 2.57. The highest BCUT2D eigenvalue weighted by Gasteiger charge is 2.32. The Morgan fingerprint density at radius 2 is 2.05 bits per heavy atom. The number of carbonyl (C=O) groups excluding carboxylic acids is 2. The van der Waals surface area contributed by atoms with Crippen molar-refractivity contribution in [3.63, 3.8) is 0 Å². The molecular weight excluding hydrogens is 286 g/mol. The number of primary amides is 1.